The SMILES string of the molecule is CCOC(=O)[C@H]1C[C@@H]1C(=O)CCc1cccc(N)c1. The van der Waals surface area contributed by atoms with Crippen LogP contribution >= 0.6 is 0 Å². The first-order valence-corrected chi connectivity index (χ1v) is 6.65. The van der Waals surface area contributed by atoms with Gasteiger partial charge in [0, 0.05) is 18.0 Å². The second-order valence-electron chi connectivity index (χ2n) is 4.91. The highest BCUT2D eigenvalue weighted by Gasteiger charge is 2.48. The van der Waals surface area contributed by atoms with Gasteiger partial charge in [-0.2, -0.15) is 0 Å². The van der Waals surface area contributed by atoms with Crippen molar-refractivity contribution in [2.75, 3.05) is 12.3 Å². The molecule has 0 amide bonds. The zero-order valence-corrected chi connectivity index (χ0v) is 11.1. The first-order chi connectivity index (χ1) is 9.11. The van der Waals surface area contributed by atoms with Gasteiger partial charge in [0.2, 0.25) is 0 Å². The summed E-state index contributed by atoms with van der Waals surface area (Å²) in [6, 6.07) is 7.54. The first-order valence-electron chi connectivity index (χ1n) is 6.65. The quantitative estimate of drug-likeness (QED) is 0.628. The standard InChI is InChI=1S/C15H19NO3/c1-2-19-15(18)13-9-12(13)14(17)7-6-10-4-3-5-11(16)8-10/h3-5,8,12-13H,2,6-7,9,16H2,1H3/t12-,13-/m0/s1. The number of benzene rings is 1. The number of esters is 1. The van der Waals surface area contributed by atoms with Gasteiger partial charge in [-0.25, -0.2) is 0 Å². The second kappa shape index (κ2) is 5.87. The van der Waals surface area contributed by atoms with Crippen molar-refractivity contribution in [2.45, 2.75) is 26.2 Å². The van der Waals surface area contributed by atoms with Gasteiger partial charge >= 0.3 is 5.97 Å². The van der Waals surface area contributed by atoms with Gasteiger partial charge in [-0.15, -0.1) is 0 Å². The van der Waals surface area contributed by atoms with E-state index in [1.54, 1.807) is 6.92 Å². The number of rotatable bonds is 6. The maximum absolute atomic E-state index is 11.9. The fraction of sp³-hybridized carbons (Fsp3) is 0.467. The normalized spacial score (nSPS) is 20.9. The van der Waals surface area contributed by atoms with E-state index in [0.29, 0.717) is 31.6 Å². The molecule has 1 fully saturated rings. The zero-order chi connectivity index (χ0) is 13.8. The highest BCUT2D eigenvalue weighted by Crippen LogP contribution is 2.41. The molecule has 1 aromatic rings. The molecular formula is C15H19NO3. The molecule has 0 unspecified atom stereocenters. The van der Waals surface area contributed by atoms with E-state index in [1.165, 1.54) is 0 Å². The van der Waals surface area contributed by atoms with Crippen LogP contribution in [0.4, 0.5) is 5.69 Å². The fourth-order valence-electron chi connectivity index (χ4n) is 2.26. The number of nitrogen functional groups attached to an aromatic ring is 1. The molecule has 4 heteroatoms. The van der Waals surface area contributed by atoms with E-state index in [2.05, 4.69) is 0 Å². The van der Waals surface area contributed by atoms with Crippen LogP contribution in [0.25, 0.3) is 0 Å². The van der Waals surface area contributed by atoms with Crippen LogP contribution in [0.3, 0.4) is 0 Å². The van der Waals surface area contributed by atoms with Gasteiger partial charge in [0.25, 0.3) is 0 Å². The number of carbonyl (C=O) groups is 2. The van der Waals surface area contributed by atoms with Gasteiger partial charge in [-0.3, -0.25) is 9.59 Å². The Morgan fingerprint density at radius 1 is 1.37 bits per heavy atom. The van der Waals surface area contributed by atoms with E-state index in [4.69, 9.17) is 10.5 Å². The molecule has 1 saturated carbocycles. The van der Waals surface area contributed by atoms with Crippen LogP contribution in [-0.4, -0.2) is 18.4 Å². The summed E-state index contributed by atoms with van der Waals surface area (Å²) >= 11 is 0. The summed E-state index contributed by atoms with van der Waals surface area (Å²) in [5.74, 6) is -0.404. The van der Waals surface area contributed by atoms with Crippen LogP contribution < -0.4 is 5.73 Å². The maximum atomic E-state index is 11.9. The fourth-order valence-corrected chi connectivity index (χ4v) is 2.26. The number of hydrogen-bond acceptors (Lipinski definition) is 4. The molecule has 0 saturated heterocycles. The summed E-state index contributed by atoms with van der Waals surface area (Å²) in [6.07, 6.45) is 1.79. The van der Waals surface area contributed by atoms with Crippen molar-refractivity contribution in [1.29, 1.82) is 0 Å². The molecule has 2 N–H and O–H groups in total. The van der Waals surface area contributed by atoms with Crippen molar-refractivity contribution >= 4 is 17.4 Å². The molecular weight excluding hydrogens is 242 g/mol. The summed E-state index contributed by atoms with van der Waals surface area (Å²) in [5.41, 5.74) is 7.45. The maximum Gasteiger partial charge on any atom is 0.309 e. The Hall–Kier alpha value is -1.84. The minimum atomic E-state index is -0.232. The molecule has 2 rings (SSSR count). The van der Waals surface area contributed by atoms with Crippen molar-refractivity contribution in [3.8, 4) is 0 Å². The van der Waals surface area contributed by atoms with Crippen LogP contribution in [0.1, 0.15) is 25.3 Å². The first kappa shape index (κ1) is 13.6. The third-order valence-electron chi connectivity index (χ3n) is 3.40. The lowest BCUT2D eigenvalue weighted by Gasteiger charge is -2.03. The van der Waals surface area contributed by atoms with E-state index < -0.39 is 0 Å². The highest BCUT2D eigenvalue weighted by atomic mass is 16.5. The lowest BCUT2D eigenvalue weighted by Crippen LogP contribution is -2.12. The Bertz CT molecular complexity index is 484. The smallest absolute Gasteiger partial charge is 0.309 e. The van der Waals surface area contributed by atoms with Gasteiger partial charge in [0.05, 0.1) is 12.5 Å². The minimum absolute atomic E-state index is 0.125. The van der Waals surface area contributed by atoms with Crippen LogP contribution in [-0.2, 0) is 20.7 Å². The number of anilines is 1. The van der Waals surface area contributed by atoms with Crippen LogP contribution in [0.2, 0.25) is 0 Å². The number of hydrogen-bond donors (Lipinski definition) is 1. The minimum Gasteiger partial charge on any atom is -0.466 e. The zero-order valence-electron chi connectivity index (χ0n) is 11.1. The lowest BCUT2D eigenvalue weighted by atomic mass is 10.0. The number of nitrogens with two attached hydrogens (primary N) is 1. The van der Waals surface area contributed by atoms with Crippen LogP contribution in [0, 0.1) is 11.8 Å². The molecule has 1 aromatic carbocycles. The molecule has 19 heavy (non-hydrogen) atoms. The molecule has 0 spiro atoms. The molecule has 0 radical (unpaired) electrons. The van der Waals surface area contributed by atoms with Crippen LogP contribution in [0.5, 0.6) is 0 Å². The monoisotopic (exact) mass is 261 g/mol. The summed E-state index contributed by atoms with van der Waals surface area (Å²) in [4.78, 5) is 23.4. The Kier molecular flexibility index (Phi) is 4.20. The van der Waals surface area contributed by atoms with Crippen molar-refractivity contribution in [3.63, 3.8) is 0 Å². The van der Waals surface area contributed by atoms with Gasteiger partial charge in [0.1, 0.15) is 5.78 Å². The molecule has 1 aliphatic carbocycles. The predicted molar refractivity (Wildman–Crippen MR) is 72.4 cm³/mol. The van der Waals surface area contributed by atoms with Gasteiger partial charge in [0.15, 0.2) is 0 Å². The molecule has 2 atom stereocenters. The summed E-state index contributed by atoms with van der Waals surface area (Å²) < 4.78 is 4.92. The van der Waals surface area contributed by atoms with Crippen LogP contribution in [0.15, 0.2) is 24.3 Å². The predicted octanol–water partition coefficient (Wildman–Crippen LogP) is 1.97. The average Bonchev–Trinajstić information content (AvgIpc) is 3.17. The third-order valence-corrected chi connectivity index (χ3v) is 3.40. The molecule has 1 aliphatic rings. The average molecular weight is 261 g/mol. The number of aryl methyl sites for hydroxylation is 1. The molecule has 0 bridgehead atoms. The number of Topliss-reactive ketones (excluding diaryl/α,β-unsaturated/α-hetero) is 1. The summed E-state index contributed by atoms with van der Waals surface area (Å²) in [5, 5.41) is 0. The van der Waals surface area contributed by atoms with E-state index >= 15 is 0 Å². The Labute approximate surface area is 112 Å². The second-order valence-corrected chi connectivity index (χ2v) is 4.91. The molecule has 102 valence electrons. The summed E-state index contributed by atoms with van der Waals surface area (Å²) in [7, 11) is 0. The van der Waals surface area contributed by atoms with Gasteiger partial charge in [-0.05, 0) is 37.5 Å². The highest BCUT2D eigenvalue weighted by molar-refractivity contribution is 5.91. The van der Waals surface area contributed by atoms with E-state index in [0.717, 1.165) is 5.56 Å². The van der Waals surface area contributed by atoms with Gasteiger partial charge in [-0.1, -0.05) is 12.1 Å². The molecule has 0 aromatic heterocycles. The molecule has 4 nitrogen and oxygen atoms in total. The number of ether oxygens (including phenoxy) is 1. The topological polar surface area (TPSA) is 69.4 Å². The van der Waals surface area contributed by atoms with Gasteiger partial charge < -0.3 is 10.5 Å². The van der Waals surface area contributed by atoms with E-state index in [-0.39, 0.29) is 23.6 Å². The Morgan fingerprint density at radius 2 is 2.16 bits per heavy atom. The van der Waals surface area contributed by atoms with Crippen molar-refractivity contribution in [1.82, 2.24) is 0 Å². The van der Waals surface area contributed by atoms with Crippen molar-refractivity contribution < 1.29 is 14.3 Å². The van der Waals surface area contributed by atoms with Crippen molar-refractivity contribution in [2.24, 2.45) is 11.8 Å². The largest absolute Gasteiger partial charge is 0.466 e. The molecule has 0 heterocycles. The number of carbonyl (C=O) groups excluding carboxylic acids is 2. The summed E-state index contributed by atoms with van der Waals surface area (Å²) in [6.45, 7) is 2.15. The van der Waals surface area contributed by atoms with Crippen molar-refractivity contribution in [3.05, 3.63) is 29.8 Å². The molecule has 0 aliphatic heterocycles. The third kappa shape index (κ3) is 3.56. The Balaban J connectivity index is 1.79. The van der Waals surface area contributed by atoms with E-state index in [9.17, 15) is 9.59 Å². The number of ketones is 1. The lowest BCUT2D eigenvalue weighted by molar-refractivity contribution is -0.145. The Morgan fingerprint density at radius 3 is 2.84 bits per heavy atom. The van der Waals surface area contributed by atoms with E-state index in [1.807, 2.05) is 24.3 Å².